The number of benzene rings is 2. The van der Waals surface area contributed by atoms with Crippen LogP contribution in [0.15, 0.2) is 54.7 Å². The normalized spacial score (nSPS) is 12.1. The Hall–Kier alpha value is -2.46. The summed E-state index contributed by atoms with van der Waals surface area (Å²) in [6, 6.07) is 15.2. The molecule has 0 saturated carbocycles. The molecule has 4 nitrogen and oxygen atoms in total. The van der Waals surface area contributed by atoms with Crippen molar-refractivity contribution in [3.05, 3.63) is 54.7 Å². The molecule has 0 radical (unpaired) electrons. The van der Waals surface area contributed by atoms with Gasteiger partial charge in [-0.2, -0.15) is 0 Å². The topological polar surface area (TPSA) is 54.9 Å². The van der Waals surface area contributed by atoms with Gasteiger partial charge in [0.1, 0.15) is 5.38 Å². The average Bonchev–Trinajstić information content (AvgIpc) is 2.54. The highest BCUT2D eigenvalue weighted by Gasteiger charge is 2.10. The van der Waals surface area contributed by atoms with E-state index in [1.807, 2.05) is 48.5 Å². The number of hydrogen-bond acceptors (Lipinski definition) is 3. The molecule has 0 aliphatic heterocycles. The maximum atomic E-state index is 11.7. The van der Waals surface area contributed by atoms with Gasteiger partial charge in [-0.3, -0.25) is 9.78 Å². The smallest absolute Gasteiger partial charge is 0.242 e. The summed E-state index contributed by atoms with van der Waals surface area (Å²) in [5.41, 5.74) is 4.02. The number of fused-ring (bicyclic) bond motifs is 1. The van der Waals surface area contributed by atoms with Crippen molar-refractivity contribution in [1.82, 2.24) is 9.97 Å². The molecule has 0 spiro atoms. The van der Waals surface area contributed by atoms with Crippen LogP contribution in [0, 0.1) is 0 Å². The molecule has 1 unspecified atom stereocenters. The lowest BCUT2D eigenvalue weighted by Crippen LogP contribution is -2.20. The summed E-state index contributed by atoms with van der Waals surface area (Å²) in [4.78, 5) is 20.7. The van der Waals surface area contributed by atoms with Gasteiger partial charge in [0.25, 0.3) is 0 Å². The highest BCUT2D eigenvalue weighted by Crippen LogP contribution is 2.22. The number of anilines is 1. The van der Waals surface area contributed by atoms with Crippen molar-refractivity contribution in [3.63, 3.8) is 0 Å². The Balaban J connectivity index is 1.94. The Labute approximate surface area is 133 Å². The van der Waals surface area contributed by atoms with Gasteiger partial charge in [0.2, 0.25) is 5.91 Å². The monoisotopic (exact) mass is 311 g/mol. The fraction of sp³-hybridized carbons (Fsp3) is 0.118. The van der Waals surface area contributed by atoms with Crippen molar-refractivity contribution in [2.45, 2.75) is 12.3 Å². The van der Waals surface area contributed by atoms with E-state index < -0.39 is 5.38 Å². The molecule has 0 aliphatic carbocycles. The van der Waals surface area contributed by atoms with Gasteiger partial charge in [-0.25, -0.2) is 4.98 Å². The number of halogens is 1. The lowest BCUT2D eigenvalue weighted by Gasteiger charge is -2.08. The zero-order chi connectivity index (χ0) is 15.5. The first-order valence-electron chi connectivity index (χ1n) is 6.90. The third-order valence-electron chi connectivity index (χ3n) is 3.24. The molecule has 110 valence electrons. The van der Waals surface area contributed by atoms with Crippen molar-refractivity contribution in [1.29, 1.82) is 0 Å². The molecule has 0 saturated heterocycles. The molecule has 3 aromatic rings. The summed E-state index contributed by atoms with van der Waals surface area (Å²) >= 11 is 5.77. The predicted octanol–water partition coefficient (Wildman–Crippen LogP) is 3.86. The van der Waals surface area contributed by atoms with Gasteiger partial charge in [0.15, 0.2) is 0 Å². The van der Waals surface area contributed by atoms with Crippen molar-refractivity contribution < 1.29 is 4.79 Å². The Bertz CT molecular complexity index is 833. The molecular weight excluding hydrogens is 298 g/mol. The van der Waals surface area contributed by atoms with Crippen LogP contribution < -0.4 is 5.32 Å². The second-order valence-corrected chi connectivity index (χ2v) is 5.58. The van der Waals surface area contributed by atoms with Crippen LogP contribution in [0.2, 0.25) is 0 Å². The molecule has 1 aromatic heterocycles. The molecule has 5 heteroatoms. The number of hydrogen-bond donors (Lipinski definition) is 1. The van der Waals surface area contributed by atoms with Gasteiger partial charge in [0, 0.05) is 11.3 Å². The van der Waals surface area contributed by atoms with Gasteiger partial charge < -0.3 is 5.32 Å². The molecule has 0 bridgehead atoms. The quantitative estimate of drug-likeness (QED) is 0.747. The highest BCUT2D eigenvalue weighted by molar-refractivity contribution is 6.32. The van der Waals surface area contributed by atoms with Gasteiger partial charge >= 0.3 is 0 Å². The van der Waals surface area contributed by atoms with Gasteiger partial charge in [-0.1, -0.05) is 24.3 Å². The zero-order valence-corrected chi connectivity index (χ0v) is 12.7. The van der Waals surface area contributed by atoms with E-state index in [1.54, 1.807) is 13.1 Å². The molecule has 1 atom stereocenters. The summed E-state index contributed by atoms with van der Waals surface area (Å²) in [6.07, 6.45) is 1.73. The largest absolute Gasteiger partial charge is 0.325 e. The molecule has 1 amide bonds. The summed E-state index contributed by atoms with van der Waals surface area (Å²) in [5, 5.41) is 2.19. The number of nitrogens with zero attached hydrogens (tertiary/aromatic N) is 2. The van der Waals surface area contributed by atoms with E-state index in [4.69, 9.17) is 11.6 Å². The van der Waals surface area contributed by atoms with E-state index in [1.165, 1.54) is 0 Å². The molecular formula is C17H14ClN3O. The van der Waals surface area contributed by atoms with Crippen LogP contribution in [0.5, 0.6) is 0 Å². The predicted molar refractivity (Wildman–Crippen MR) is 88.9 cm³/mol. The number of nitrogens with one attached hydrogen (secondary N) is 1. The lowest BCUT2D eigenvalue weighted by atomic mass is 10.1. The fourth-order valence-corrected chi connectivity index (χ4v) is 2.15. The minimum Gasteiger partial charge on any atom is -0.325 e. The molecule has 22 heavy (non-hydrogen) atoms. The van der Waals surface area contributed by atoms with Gasteiger partial charge in [0.05, 0.1) is 22.9 Å². The first kappa shape index (κ1) is 14.5. The van der Waals surface area contributed by atoms with Crippen LogP contribution in [-0.2, 0) is 4.79 Å². The fourth-order valence-electron chi connectivity index (χ4n) is 2.09. The molecule has 2 aromatic carbocycles. The molecule has 0 fully saturated rings. The van der Waals surface area contributed by atoms with E-state index in [2.05, 4.69) is 15.3 Å². The highest BCUT2D eigenvalue weighted by atomic mass is 35.5. The Kier molecular flexibility index (Phi) is 4.02. The first-order valence-corrected chi connectivity index (χ1v) is 7.34. The summed E-state index contributed by atoms with van der Waals surface area (Å²) < 4.78 is 0. The van der Waals surface area contributed by atoms with Crippen LogP contribution in [0.3, 0.4) is 0 Å². The minimum atomic E-state index is -0.580. The maximum Gasteiger partial charge on any atom is 0.242 e. The van der Waals surface area contributed by atoms with Gasteiger partial charge in [-0.05, 0) is 31.2 Å². The molecule has 1 heterocycles. The summed E-state index contributed by atoms with van der Waals surface area (Å²) in [6.45, 7) is 1.63. The summed E-state index contributed by atoms with van der Waals surface area (Å²) in [5.74, 6) is -0.233. The van der Waals surface area contributed by atoms with E-state index >= 15 is 0 Å². The van der Waals surface area contributed by atoms with Crippen LogP contribution in [-0.4, -0.2) is 21.3 Å². The summed E-state index contributed by atoms with van der Waals surface area (Å²) in [7, 11) is 0. The van der Waals surface area contributed by atoms with Gasteiger partial charge in [-0.15, -0.1) is 11.6 Å². The van der Waals surface area contributed by atoms with Crippen LogP contribution in [0.4, 0.5) is 5.69 Å². The SMILES string of the molecule is CC(Cl)C(=O)Nc1cccc(-c2cnc3ccccc3n2)c1. The molecule has 3 rings (SSSR count). The lowest BCUT2D eigenvalue weighted by molar-refractivity contribution is -0.115. The maximum absolute atomic E-state index is 11.7. The number of aromatic nitrogens is 2. The van der Waals surface area contributed by atoms with Crippen molar-refractivity contribution >= 4 is 34.2 Å². The van der Waals surface area contributed by atoms with Crippen molar-refractivity contribution in [2.24, 2.45) is 0 Å². The standard InChI is InChI=1S/C17H14ClN3O/c1-11(18)17(22)20-13-6-4-5-12(9-13)16-10-19-14-7-2-3-8-15(14)21-16/h2-11H,1H3,(H,20,22). The van der Waals surface area contributed by atoms with E-state index in [0.717, 1.165) is 22.3 Å². The Morgan fingerprint density at radius 3 is 2.68 bits per heavy atom. The number of carbonyl (C=O) groups is 1. The Morgan fingerprint density at radius 2 is 1.91 bits per heavy atom. The third kappa shape index (κ3) is 3.07. The van der Waals surface area contributed by atoms with E-state index in [9.17, 15) is 4.79 Å². The van der Waals surface area contributed by atoms with Crippen LogP contribution in [0.25, 0.3) is 22.3 Å². The second-order valence-electron chi connectivity index (χ2n) is 4.93. The van der Waals surface area contributed by atoms with Crippen LogP contribution in [0.1, 0.15) is 6.92 Å². The third-order valence-corrected chi connectivity index (χ3v) is 3.43. The number of rotatable bonds is 3. The van der Waals surface area contributed by atoms with E-state index in [0.29, 0.717) is 5.69 Å². The second kappa shape index (κ2) is 6.12. The van der Waals surface area contributed by atoms with Crippen LogP contribution >= 0.6 is 11.6 Å². The Morgan fingerprint density at radius 1 is 1.14 bits per heavy atom. The number of alkyl halides is 1. The first-order chi connectivity index (χ1) is 10.6. The molecule has 1 N–H and O–H groups in total. The molecule has 0 aliphatic rings. The van der Waals surface area contributed by atoms with E-state index in [-0.39, 0.29) is 5.91 Å². The zero-order valence-electron chi connectivity index (χ0n) is 12.0. The average molecular weight is 312 g/mol. The minimum absolute atomic E-state index is 0.233. The van der Waals surface area contributed by atoms with Crippen molar-refractivity contribution in [2.75, 3.05) is 5.32 Å². The number of carbonyl (C=O) groups excluding carboxylic acids is 1. The van der Waals surface area contributed by atoms with Crippen molar-refractivity contribution in [3.8, 4) is 11.3 Å². The number of amides is 1. The number of para-hydroxylation sites is 2.